The molecule has 3 rings (SSSR count). The minimum Gasteiger partial charge on any atom is -0.399 e. The van der Waals surface area contributed by atoms with E-state index in [0.717, 1.165) is 5.56 Å². The summed E-state index contributed by atoms with van der Waals surface area (Å²) in [4.78, 5) is 8.37. The Labute approximate surface area is 114 Å². The highest BCUT2D eigenvalue weighted by molar-refractivity contribution is 5.60. The lowest BCUT2D eigenvalue weighted by Crippen LogP contribution is -1.86. The molecule has 0 aliphatic carbocycles. The third-order valence-corrected chi connectivity index (χ3v) is 2.71. The first-order valence-electron chi connectivity index (χ1n) is 5.82. The van der Waals surface area contributed by atoms with E-state index >= 15 is 0 Å². The van der Waals surface area contributed by atoms with Crippen molar-refractivity contribution in [1.82, 2.24) is 15.1 Å². The summed E-state index contributed by atoms with van der Waals surface area (Å²) in [6.45, 7) is 0. The third kappa shape index (κ3) is 2.20. The van der Waals surface area contributed by atoms with Crippen molar-refractivity contribution in [3.63, 3.8) is 0 Å². The number of aromatic nitrogens is 3. The van der Waals surface area contributed by atoms with Crippen LogP contribution in [0.3, 0.4) is 0 Å². The first-order valence-corrected chi connectivity index (χ1v) is 5.82. The number of hydrogen-bond acceptors (Lipinski definition) is 6. The van der Waals surface area contributed by atoms with Crippen LogP contribution in [0.5, 0.6) is 0 Å². The average Bonchev–Trinajstić information content (AvgIpc) is 2.98. The van der Waals surface area contributed by atoms with Crippen molar-refractivity contribution < 1.29 is 4.52 Å². The second-order valence-electron chi connectivity index (χ2n) is 4.09. The number of nitrogens with two attached hydrogens (primary N) is 1. The van der Waals surface area contributed by atoms with Crippen molar-refractivity contribution in [1.29, 1.82) is 5.26 Å². The Morgan fingerprint density at radius 2 is 1.90 bits per heavy atom. The van der Waals surface area contributed by atoms with Crippen LogP contribution in [0.2, 0.25) is 0 Å². The van der Waals surface area contributed by atoms with Crippen LogP contribution >= 0.6 is 0 Å². The van der Waals surface area contributed by atoms with Crippen molar-refractivity contribution in [3.05, 3.63) is 48.2 Å². The van der Waals surface area contributed by atoms with E-state index in [2.05, 4.69) is 15.1 Å². The molecule has 0 saturated heterocycles. The Bertz CT molecular complexity index is 769. The summed E-state index contributed by atoms with van der Waals surface area (Å²) in [5, 5.41) is 12.6. The average molecular weight is 263 g/mol. The summed E-state index contributed by atoms with van der Waals surface area (Å²) < 4.78 is 5.17. The fourth-order valence-electron chi connectivity index (χ4n) is 1.66. The molecule has 0 saturated carbocycles. The molecule has 0 spiro atoms. The van der Waals surface area contributed by atoms with Gasteiger partial charge in [-0.05, 0) is 36.4 Å². The van der Waals surface area contributed by atoms with E-state index in [1.54, 1.807) is 24.3 Å². The molecule has 0 amide bonds. The lowest BCUT2D eigenvalue weighted by molar-refractivity contribution is 0.431. The standard InChI is InChI=1S/C14H9N5O/c15-7-9-1-6-12(17-8-9)14-18-13(19-20-14)10-2-4-11(16)5-3-10/h1-6,8H,16H2. The van der Waals surface area contributed by atoms with Gasteiger partial charge in [-0.2, -0.15) is 10.2 Å². The van der Waals surface area contributed by atoms with E-state index in [4.69, 9.17) is 15.5 Å². The Morgan fingerprint density at radius 3 is 2.55 bits per heavy atom. The molecule has 0 aliphatic heterocycles. The van der Waals surface area contributed by atoms with Crippen LogP contribution in [-0.2, 0) is 0 Å². The molecule has 2 aromatic heterocycles. The highest BCUT2D eigenvalue weighted by atomic mass is 16.5. The van der Waals surface area contributed by atoms with Gasteiger partial charge in [-0.1, -0.05) is 5.16 Å². The molecule has 0 bridgehead atoms. The molecule has 20 heavy (non-hydrogen) atoms. The normalized spacial score (nSPS) is 10.2. The molecule has 0 aliphatic rings. The maximum atomic E-state index is 8.72. The summed E-state index contributed by atoms with van der Waals surface area (Å²) in [6.07, 6.45) is 1.46. The zero-order chi connectivity index (χ0) is 13.9. The number of pyridine rings is 1. The van der Waals surface area contributed by atoms with Crippen LogP contribution in [0.1, 0.15) is 5.56 Å². The number of nitrogen functional groups attached to an aromatic ring is 1. The molecule has 0 fully saturated rings. The smallest absolute Gasteiger partial charge is 0.276 e. The van der Waals surface area contributed by atoms with Gasteiger partial charge in [0, 0.05) is 17.4 Å². The highest BCUT2D eigenvalue weighted by Gasteiger charge is 2.11. The van der Waals surface area contributed by atoms with Gasteiger partial charge >= 0.3 is 0 Å². The van der Waals surface area contributed by atoms with E-state index in [9.17, 15) is 0 Å². The molecule has 0 atom stereocenters. The Balaban J connectivity index is 1.93. The van der Waals surface area contributed by atoms with Crippen LogP contribution in [0.4, 0.5) is 5.69 Å². The molecule has 6 heteroatoms. The maximum absolute atomic E-state index is 8.72. The fourth-order valence-corrected chi connectivity index (χ4v) is 1.66. The molecule has 6 nitrogen and oxygen atoms in total. The maximum Gasteiger partial charge on any atom is 0.276 e. The van der Waals surface area contributed by atoms with E-state index in [0.29, 0.717) is 28.7 Å². The topological polar surface area (TPSA) is 102 Å². The van der Waals surface area contributed by atoms with Crippen LogP contribution in [0.25, 0.3) is 23.0 Å². The van der Waals surface area contributed by atoms with Crippen molar-refractivity contribution in [2.45, 2.75) is 0 Å². The molecule has 96 valence electrons. The second kappa shape index (κ2) is 4.82. The molecule has 0 radical (unpaired) electrons. The summed E-state index contributed by atoms with van der Waals surface area (Å²) >= 11 is 0. The monoisotopic (exact) mass is 263 g/mol. The number of nitrogens with zero attached hydrogens (tertiary/aromatic N) is 4. The van der Waals surface area contributed by atoms with Gasteiger partial charge in [0.1, 0.15) is 11.8 Å². The molecule has 1 aromatic carbocycles. The Kier molecular flexibility index (Phi) is 2.86. The van der Waals surface area contributed by atoms with Crippen LogP contribution < -0.4 is 5.73 Å². The van der Waals surface area contributed by atoms with E-state index < -0.39 is 0 Å². The molecule has 3 aromatic rings. The summed E-state index contributed by atoms with van der Waals surface area (Å²) in [7, 11) is 0. The zero-order valence-electron chi connectivity index (χ0n) is 10.3. The third-order valence-electron chi connectivity index (χ3n) is 2.71. The van der Waals surface area contributed by atoms with Gasteiger partial charge in [0.25, 0.3) is 5.89 Å². The van der Waals surface area contributed by atoms with Crippen molar-refractivity contribution in [2.24, 2.45) is 0 Å². The van der Waals surface area contributed by atoms with E-state index in [1.165, 1.54) is 6.20 Å². The van der Waals surface area contributed by atoms with Gasteiger partial charge in [-0.25, -0.2) is 4.98 Å². The summed E-state index contributed by atoms with van der Waals surface area (Å²) in [5.74, 6) is 0.771. The summed E-state index contributed by atoms with van der Waals surface area (Å²) in [6, 6.07) is 12.5. The molecular weight excluding hydrogens is 254 g/mol. The number of hydrogen-bond donors (Lipinski definition) is 1. The quantitative estimate of drug-likeness (QED) is 0.711. The van der Waals surface area contributed by atoms with Crippen molar-refractivity contribution in [2.75, 3.05) is 5.73 Å². The predicted molar refractivity (Wildman–Crippen MR) is 72.1 cm³/mol. The van der Waals surface area contributed by atoms with Gasteiger partial charge < -0.3 is 10.3 Å². The largest absolute Gasteiger partial charge is 0.399 e. The molecule has 0 unspecified atom stereocenters. The first-order chi connectivity index (χ1) is 9.76. The van der Waals surface area contributed by atoms with Crippen LogP contribution in [0, 0.1) is 11.3 Å². The lowest BCUT2D eigenvalue weighted by Gasteiger charge is -1.94. The number of benzene rings is 1. The minimum absolute atomic E-state index is 0.307. The van der Waals surface area contributed by atoms with E-state index in [1.807, 2.05) is 18.2 Å². The Morgan fingerprint density at radius 1 is 1.10 bits per heavy atom. The van der Waals surface area contributed by atoms with Crippen LogP contribution in [0.15, 0.2) is 47.1 Å². The predicted octanol–water partition coefficient (Wildman–Crippen LogP) is 2.25. The number of anilines is 1. The first kappa shape index (κ1) is 11.9. The number of nitriles is 1. The lowest BCUT2D eigenvalue weighted by atomic mass is 10.2. The van der Waals surface area contributed by atoms with Crippen molar-refractivity contribution in [3.8, 4) is 29.0 Å². The summed E-state index contributed by atoms with van der Waals surface area (Å²) in [5.41, 5.74) is 8.11. The molecule has 2 heterocycles. The van der Waals surface area contributed by atoms with E-state index in [-0.39, 0.29) is 0 Å². The van der Waals surface area contributed by atoms with Gasteiger partial charge in [0.05, 0.1) is 5.56 Å². The number of rotatable bonds is 2. The van der Waals surface area contributed by atoms with Gasteiger partial charge in [0.15, 0.2) is 0 Å². The molecular formula is C14H9N5O. The molecule has 2 N–H and O–H groups in total. The van der Waals surface area contributed by atoms with Gasteiger partial charge in [-0.3, -0.25) is 0 Å². The van der Waals surface area contributed by atoms with Crippen molar-refractivity contribution >= 4 is 5.69 Å². The van der Waals surface area contributed by atoms with Crippen LogP contribution in [-0.4, -0.2) is 15.1 Å². The SMILES string of the molecule is N#Cc1ccc(-c2nc(-c3ccc(N)cc3)no2)nc1. The second-order valence-corrected chi connectivity index (χ2v) is 4.09. The zero-order valence-corrected chi connectivity index (χ0v) is 10.3. The fraction of sp³-hybridized carbons (Fsp3) is 0. The van der Waals surface area contributed by atoms with Gasteiger partial charge in [-0.15, -0.1) is 0 Å². The highest BCUT2D eigenvalue weighted by Crippen LogP contribution is 2.21. The van der Waals surface area contributed by atoms with Gasteiger partial charge in [0.2, 0.25) is 5.82 Å². The minimum atomic E-state index is 0.307. The Hall–Kier alpha value is -3.20.